The lowest BCUT2D eigenvalue weighted by Crippen LogP contribution is -3.15. The Morgan fingerprint density at radius 2 is 1.93 bits per heavy atom. The Bertz CT molecular complexity index is 857. The number of benzene rings is 1. The number of esters is 1. The first-order valence-corrected chi connectivity index (χ1v) is 11.1. The van der Waals surface area contributed by atoms with Crippen LogP contribution in [0.2, 0.25) is 0 Å². The van der Waals surface area contributed by atoms with Crippen molar-refractivity contribution in [2.24, 2.45) is 0 Å². The number of carbonyl (C=O) groups excluding carboxylic acids is 2. The van der Waals surface area contributed by atoms with Crippen LogP contribution in [-0.2, 0) is 16.0 Å². The fourth-order valence-corrected chi connectivity index (χ4v) is 4.63. The van der Waals surface area contributed by atoms with Gasteiger partial charge in [-0.2, -0.15) is 0 Å². The van der Waals surface area contributed by atoms with Gasteiger partial charge in [0, 0.05) is 10.6 Å². The molecule has 1 fully saturated rings. The summed E-state index contributed by atoms with van der Waals surface area (Å²) in [6.07, 6.45) is 0.819. The highest BCUT2D eigenvalue weighted by Gasteiger charge is 2.24. The van der Waals surface area contributed by atoms with Crippen molar-refractivity contribution in [3.8, 4) is 0 Å². The lowest BCUT2D eigenvalue weighted by molar-refractivity contribution is -0.892. The lowest BCUT2D eigenvalue weighted by atomic mass is 10.1. The number of anilines is 2. The summed E-state index contributed by atoms with van der Waals surface area (Å²) < 4.78 is 5.13. The minimum absolute atomic E-state index is 0.0561. The van der Waals surface area contributed by atoms with E-state index < -0.39 is 0 Å². The molecule has 29 heavy (non-hydrogen) atoms. The average molecular weight is 417 g/mol. The number of carbonyl (C=O) groups is 2. The van der Waals surface area contributed by atoms with Crippen LogP contribution in [-0.4, -0.2) is 51.2 Å². The van der Waals surface area contributed by atoms with Gasteiger partial charge in [-0.15, -0.1) is 11.3 Å². The molecular formula is C22H30N3O3S+. The molecular weight excluding hydrogens is 386 g/mol. The van der Waals surface area contributed by atoms with Gasteiger partial charge in [-0.1, -0.05) is 25.1 Å². The number of piperazine rings is 1. The second kappa shape index (κ2) is 9.89. The number of nitrogens with zero attached hydrogens (tertiary/aromatic N) is 1. The molecule has 0 spiro atoms. The summed E-state index contributed by atoms with van der Waals surface area (Å²) in [6.45, 7) is 10.4. The second-order valence-corrected chi connectivity index (χ2v) is 8.41. The maximum Gasteiger partial charge on any atom is 0.341 e. The van der Waals surface area contributed by atoms with Crippen molar-refractivity contribution >= 4 is 33.9 Å². The minimum atomic E-state index is -0.377. The maximum atomic E-state index is 12.6. The van der Waals surface area contributed by atoms with E-state index in [4.69, 9.17) is 4.74 Å². The first kappa shape index (κ1) is 21.3. The molecule has 0 bridgehead atoms. The van der Waals surface area contributed by atoms with Gasteiger partial charge in [-0.3, -0.25) is 4.79 Å². The monoisotopic (exact) mass is 416 g/mol. The highest BCUT2D eigenvalue weighted by molar-refractivity contribution is 7.16. The van der Waals surface area contributed by atoms with E-state index in [2.05, 4.69) is 41.4 Å². The summed E-state index contributed by atoms with van der Waals surface area (Å²) in [7, 11) is 0. The molecule has 1 aromatic carbocycles. The number of thiophene rings is 1. The third kappa shape index (κ3) is 5.36. The van der Waals surface area contributed by atoms with Crippen LogP contribution in [0, 0.1) is 6.92 Å². The first-order valence-electron chi connectivity index (χ1n) is 10.3. The van der Waals surface area contributed by atoms with Gasteiger partial charge in [0.1, 0.15) is 5.00 Å². The molecule has 1 aliphatic heterocycles. The molecule has 0 aliphatic carbocycles. The number of aryl methyl sites for hydroxylation is 2. The van der Waals surface area contributed by atoms with Gasteiger partial charge in [0.25, 0.3) is 5.91 Å². The SMILES string of the molecule is CCOC(=O)c1cc(CC)sc1NC(=O)C[NH+]1CCN(c2ccccc2C)CC1. The summed E-state index contributed by atoms with van der Waals surface area (Å²) in [6, 6.07) is 10.2. The highest BCUT2D eigenvalue weighted by Crippen LogP contribution is 2.29. The van der Waals surface area contributed by atoms with Crippen LogP contribution in [0.5, 0.6) is 0 Å². The predicted molar refractivity (Wildman–Crippen MR) is 117 cm³/mol. The number of hydrogen-bond donors (Lipinski definition) is 2. The normalized spacial score (nSPS) is 14.7. The molecule has 156 valence electrons. The Balaban J connectivity index is 1.56. The molecule has 2 heterocycles. The number of nitrogens with one attached hydrogen (secondary N) is 2. The molecule has 1 aromatic heterocycles. The Morgan fingerprint density at radius 3 is 2.59 bits per heavy atom. The van der Waals surface area contributed by atoms with Crippen molar-refractivity contribution in [1.82, 2.24) is 0 Å². The van der Waals surface area contributed by atoms with Crippen molar-refractivity contribution < 1.29 is 19.2 Å². The van der Waals surface area contributed by atoms with Crippen LogP contribution in [0.3, 0.4) is 0 Å². The van der Waals surface area contributed by atoms with E-state index in [1.165, 1.54) is 27.5 Å². The standard InChI is InChI=1S/C22H29N3O3S/c1-4-17-14-18(22(27)28-5-2)21(29-17)23-20(26)15-24-10-12-25(13-11-24)19-9-7-6-8-16(19)3/h6-9,14H,4-5,10-13,15H2,1-3H3,(H,23,26)/p+1. The molecule has 7 heteroatoms. The number of amides is 1. The van der Waals surface area contributed by atoms with Crippen LogP contribution in [0.4, 0.5) is 10.7 Å². The highest BCUT2D eigenvalue weighted by atomic mass is 32.1. The van der Waals surface area contributed by atoms with Crippen molar-refractivity contribution in [3.63, 3.8) is 0 Å². The summed E-state index contributed by atoms with van der Waals surface area (Å²) in [5.74, 6) is -0.433. The second-order valence-electron chi connectivity index (χ2n) is 7.28. The van der Waals surface area contributed by atoms with Gasteiger partial charge in [0.15, 0.2) is 6.54 Å². The number of ether oxygens (including phenoxy) is 1. The summed E-state index contributed by atoms with van der Waals surface area (Å²) in [5, 5.41) is 3.55. The molecule has 0 atom stereocenters. The van der Waals surface area contributed by atoms with Crippen molar-refractivity contribution in [1.29, 1.82) is 0 Å². The van der Waals surface area contributed by atoms with Gasteiger partial charge in [-0.25, -0.2) is 4.79 Å². The van der Waals surface area contributed by atoms with Crippen LogP contribution < -0.4 is 15.1 Å². The van der Waals surface area contributed by atoms with Crippen LogP contribution in [0.25, 0.3) is 0 Å². The third-order valence-electron chi connectivity index (χ3n) is 5.22. The van der Waals surface area contributed by atoms with E-state index in [1.807, 2.05) is 13.0 Å². The fourth-order valence-electron chi connectivity index (χ4n) is 3.63. The molecule has 6 nitrogen and oxygen atoms in total. The Hall–Kier alpha value is -2.38. The maximum absolute atomic E-state index is 12.6. The Kier molecular flexibility index (Phi) is 7.28. The van der Waals surface area contributed by atoms with Crippen molar-refractivity contribution in [2.45, 2.75) is 27.2 Å². The summed E-state index contributed by atoms with van der Waals surface area (Å²) in [5.41, 5.74) is 3.02. The molecule has 2 N–H and O–H groups in total. The molecule has 1 amide bonds. The molecule has 0 radical (unpaired) electrons. The summed E-state index contributed by atoms with van der Waals surface area (Å²) in [4.78, 5) is 29.5. The largest absolute Gasteiger partial charge is 0.462 e. The molecule has 2 aromatic rings. The van der Waals surface area contributed by atoms with E-state index >= 15 is 0 Å². The fraction of sp³-hybridized carbons (Fsp3) is 0.455. The van der Waals surface area contributed by atoms with Gasteiger partial charge in [0.2, 0.25) is 0 Å². The van der Waals surface area contributed by atoms with Gasteiger partial charge < -0.3 is 19.9 Å². The Morgan fingerprint density at radius 1 is 1.21 bits per heavy atom. The molecule has 1 saturated heterocycles. The average Bonchev–Trinajstić information content (AvgIpc) is 3.12. The zero-order valence-electron chi connectivity index (χ0n) is 17.4. The van der Waals surface area contributed by atoms with E-state index in [-0.39, 0.29) is 11.9 Å². The quantitative estimate of drug-likeness (QED) is 0.679. The van der Waals surface area contributed by atoms with E-state index in [0.717, 1.165) is 37.5 Å². The summed E-state index contributed by atoms with van der Waals surface area (Å²) >= 11 is 1.45. The van der Waals surface area contributed by atoms with Gasteiger partial charge in [-0.05, 0) is 38.0 Å². The molecule has 0 unspecified atom stereocenters. The zero-order chi connectivity index (χ0) is 20.8. The van der Waals surface area contributed by atoms with Gasteiger partial charge >= 0.3 is 5.97 Å². The molecule has 3 rings (SSSR count). The first-order chi connectivity index (χ1) is 14.0. The van der Waals surface area contributed by atoms with E-state index in [9.17, 15) is 9.59 Å². The number of rotatable bonds is 7. The van der Waals surface area contributed by atoms with E-state index in [0.29, 0.717) is 23.7 Å². The van der Waals surface area contributed by atoms with Crippen molar-refractivity contribution in [2.75, 3.05) is 49.5 Å². The lowest BCUT2D eigenvalue weighted by Gasteiger charge is -2.34. The van der Waals surface area contributed by atoms with Gasteiger partial charge in [0.05, 0.1) is 38.3 Å². The third-order valence-corrected chi connectivity index (χ3v) is 6.41. The van der Waals surface area contributed by atoms with Crippen LogP contribution in [0.1, 0.15) is 34.6 Å². The van der Waals surface area contributed by atoms with Crippen LogP contribution >= 0.6 is 11.3 Å². The molecule has 1 aliphatic rings. The minimum Gasteiger partial charge on any atom is -0.462 e. The Labute approximate surface area is 176 Å². The molecule has 0 saturated carbocycles. The predicted octanol–water partition coefficient (Wildman–Crippen LogP) is 2.14. The number of para-hydroxylation sites is 1. The number of hydrogen-bond acceptors (Lipinski definition) is 5. The van der Waals surface area contributed by atoms with Crippen LogP contribution in [0.15, 0.2) is 30.3 Å². The zero-order valence-corrected chi connectivity index (χ0v) is 18.2. The van der Waals surface area contributed by atoms with E-state index in [1.54, 1.807) is 6.92 Å². The smallest absolute Gasteiger partial charge is 0.341 e. The van der Waals surface area contributed by atoms with Crippen molar-refractivity contribution in [3.05, 3.63) is 46.3 Å². The topological polar surface area (TPSA) is 63.1 Å². The number of quaternary nitrogens is 1.